The lowest BCUT2D eigenvalue weighted by Gasteiger charge is -2.19. The van der Waals surface area contributed by atoms with E-state index in [0.29, 0.717) is 21.3 Å². The molecule has 0 aliphatic carbocycles. The van der Waals surface area contributed by atoms with E-state index in [-0.39, 0.29) is 5.91 Å². The van der Waals surface area contributed by atoms with Crippen molar-refractivity contribution >= 4 is 51.3 Å². The Morgan fingerprint density at radius 1 is 0.885 bits per heavy atom. The van der Waals surface area contributed by atoms with E-state index in [0.717, 1.165) is 29.5 Å². The molecule has 0 aromatic heterocycles. The van der Waals surface area contributed by atoms with Crippen molar-refractivity contribution in [1.82, 2.24) is 0 Å². The molecule has 3 aromatic rings. The Balaban J connectivity index is 1.61. The predicted molar refractivity (Wildman–Crippen MR) is 110 cm³/mol. The maximum Gasteiger partial charge on any atom is 0.256 e. The van der Waals surface area contributed by atoms with Gasteiger partial charge >= 0.3 is 0 Å². The summed E-state index contributed by atoms with van der Waals surface area (Å²) in [5, 5.41) is 5.93. The van der Waals surface area contributed by atoms with Gasteiger partial charge < -0.3 is 10.2 Å². The first-order chi connectivity index (χ1) is 12.6. The number of anilines is 2. The topological polar surface area (TPSA) is 32.3 Å². The first-order valence-electron chi connectivity index (χ1n) is 8.66. The molecule has 3 aromatic carbocycles. The summed E-state index contributed by atoms with van der Waals surface area (Å²) < 4.78 is 0. The molecule has 1 saturated heterocycles. The Bertz CT molecular complexity index is 981. The summed E-state index contributed by atoms with van der Waals surface area (Å²) in [4.78, 5) is 15.1. The summed E-state index contributed by atoms with van der Waals surface area (Å²) in [5.41, 5.74) is 2.30. The maximum absolute atomic E-state index is 12.8. The van der Waals surface area contributed by atoms with Crippen LogP contribution in [0, 0.1) is 0 Å². The Morgan fingerprint density at radius 2 is 1.62 bits per heavy atom. The summed E-state index contributed by atoms with van der Waals surface area (Å²) in [6.45, 7) is 2.06. The largest absolute Gasteiger partial charge is 0.370 e. The second-order valence-electron chi connectivity index (χ2n) is 6.45. The number of nitrogens with zero attached hydrogens (tertiary/aromatic N) is 1. The van der Waals surface area contributed by atoms with Gasteiger partial charge in [0.15, 0.2) is 0 Å². The van der Waals surface area contributed by atoms with Crippen molar-refractivity contribution in [2.45, 2.75) is 12.8 Å². The third kappa shape index (κ3) is 3.25. The average molecular weight is 385 g/mol. The van der Waals surface area contributed by atoms with Crippen LogP contribution in [0.15, 0.2) is 54.6 Å². The summed E-state index contributed by atoms with van der Waals surface area (Å²) in [7, 11) is 0. The van der Waals surface area contributed by atoms with Crippen LogP contribution in [0.25, 0.3) is 10.8 Å². The highest BCUT2D eigenvalue weighted by Gasteiger charge is 2.16. The molecule has 5 heteroatoms. The Labute approximate surface area is 162 Å². The fourth-order valence-electron chi connectivity index (χ4n) is 3.47. The zero-order valence-corrected chi connectivity index (χ0v) is 15.6. The highest BCUT2D eigenvalue weighted by molar-refractivity contribution is 6.36. The van der Waals surface area contributed by atoms with Gasteiger partial charge in [-0.25, -0.2) is 0 Å². The SMILES string of the molecule is O=C(Nc1ccc(N2CCCC2)c(Cl)c1)c1cccc2c(Cl)cccc12. The van der Waals surface area contributed by atoms with Crippen LogP contribution in [0.1, 0.15) is 23.2 Å². The smallest absolute Gasteiger partial charge is 0.256 e. The Morgan fingerprint density at radius 3 is 2.38 bits per heavy atom. The molecule has 0 atom stereocenters. The summed E-state index contributed by atoms with van der Waals surface area (Å²) in [6, 6.07) is 16.8. The third-order valence-corrected chi connectivity index (χ3v) is 5.40. The first kappa shape index (κ1) is 17.2. The molecule has 0 unspecified atom stereocenters. The van der Waals surface area contributed by atoms with Gasteiger partial charge in [-0.2, -0.15) is 0 Å². The third-order valence-electron chi connectivity index (χ3n) is 4.77. The molecule has 1 aliphatic rings. The van der Waals surface area contributed by atoms with E-state index in [1.807, 2.05) is 48.5 Å². The molecule has 26 heavy (non-hydrogen) atoms. The van der Waals surface area contributed by atoms with Gasteiger partial charge in [-0.1, -0.05) is 47.5 Å². The van der Waals surface area contributed by atoms with E-state index in [1.165, 1.54) is 12.8 Å². The molecule has 1 aliphatic heterocycles. The average Bonchev–Trinajstić information content (AvgIpc) is 3.16. The summed E-state index contributed by atoms with van der Waals surface area (Å²) >= 11 is 12.7. The number of benzene rings is 3. The van der Waals surface area contributed by atoms with Crippen molar-refractivity contribution in [1.29, 1.82) is 0 Å². The zero-order valence-electron chi connectivity index (χ0n) is 14.1. The van der Waals surface area contributed by atoms with Crippen LogP contribution < -0.4 is 10.2 Å². The second-order valence-corrected chi connectivity index (χ2v) is 7.27. The van der Waals surface area contributed by atoms with Crippen LogP contribution in [0.4, 0.5) is 11.4 Å². The van der Waals surface area contributed by atoms with Gasteiger partial charge in [0.1, 0.15) is 0 Å². The van der Waals surface area contributed by atoms with Gasteiger partial charge in [-0.15, -0.1) is 0 Å². The van der Waals surface area contributed by atoms with Crippen molar-refractivity contribution in [2.75, 3.05) is 23.3 Å². The molecular weight excluding hydrogens is 367 g/mol. The molecule has 1 heterocycles. The van der Waals surface area contributed by atoms with Crippen molar-refractivity contribution in [2.24, 2.45) is 0 Å². The minimum atomic E-state index is -0.178. The molecule has 132 valence electrons. The van der Waals surface area contributed by atoms with Gasteiger partial charge in [0.05, 0.1) is 10.7 Å². The number of amides is 1. The number of hydrogen-bond acceptors (Lipinski definition) is 2. The fourth-order valence-corrected chi connectivity index (χ4v) is 4.00. The quantitative estimate of drug-likeness (QED) is 0.600. The van der Waals surface area contributed by atoms with Gasteiger partial charge in [0.25, 0.3) is 5.91 Å². The Kier molecular flexibility index (Phi) is 4.75. The number of halogens is 2. The van der Waals surface area contributed by atoms with Gasteiger partial charge in [-0.3, -0.25) is 4.79 Å². The number of hydrogen-bond donors (Lipinski definition) is 1. The van der Waals surface area contributed by atoms with E-state index >= 15 is 0 Å². The molecule has 0 bridgehead atoms. The first-order valence-corrected chi connectivity index (χ1v) is 9.42. The summed E-state index contributed by atoms with van der Waals surface area (Å²) in [5.74, 6) is -0.178. The lowest BCUT2D eigenvalue weighted by molar-refractivity contribution is 0.102. The van der Waals surface area contributed by atoms with Crippen molar-refractivity contribution < 1.29 is 4.79 Å². The van der Waals surface area contributed by atoms with Crippen LogP contribution in [0.3, 0.4) is 0 Å². The Hall–Kier alpha value is -2.23. The molecule has 3 nitrogen and oxygen atoms in total. The van der Waals surface area contributed by atoms with E-state index < -0.39 is 0 Å². The predicted octanol–water partition coefficient (Wildman–Crippen LogP) is 6.00. The van der Waals surface area contributed by atoms with Crippen LogP contribution in [-0.4, -0.2) is 19.0 Å². The molecule has 0 saturated carbocycles. The normalized spacial score (nSPS) is 14.0. The fraction of sp³-hybridized carbons (Fsp3) is 0.190. The second kappa shape index (κ2) is 7.18. The number of carbonyl (C=O) groups excluding carboxylic acids is 1. The highest BCUT2D eigenvalue weighted by atomic mass is 35.5. The van der Waals surface area contributed by atoms with Crippen LogP contribution in [0.2, 0.25) is 10.0 Å². The minimum Gasteiger partial charge on any atom is -0.370 e. The number of fused-ring (bicyclic) bond motifs is 1. The van der Waals surface area contributed by atoms with Gasteiger partial charge in [0, 0.05) is 34.7 Å². The van der Waals surface area contributed by atoms with E-state index in [4.69, 9.17) is 23.2 Å². The van der Waals surface area contributed by atoms with Gasteiger partial charge in [-0.05, 0) is 48.6 Å². The van der Waals surface area contributed by atoms with Gasteiger partial charge in [0.2, 0.25) is 0 Å². The van der Waals surface area contributed by atoms with E-state index in [9.17, 15) is 4.79 Å². The molecular formula is C21H18Cl2N2O. The number of carbonyl (C=O) groups is 1. The van der Waals surface area contributed by atoms with Crippen LogP contribution >= 0.6 is 23.2 Å². The van der Waals surface area contributed by atoms with Crippen LogP contribution in [-0.2, 0) is 0 Å². The number of rotatable bonds is 3. The highest BCUT2D eigenvalue weighted by Crippen LogP contribution is 2.32. The lowest BCUT2D eigenvalue weighted by Crippen LogP contribution is -2.18. The zero-order chi connectivity index (χ0) is 18.1. The van der Waals surface area contributed by atoms with E-state index in [2.05, 4.69) is 10.2 Å². The lowest BCUT2D eigenvalue weighted by atomic mass is 10.0. The van der Waals surface area contributed by atoms with E-state index in [1.54, 1.807) is 6.07 Å². The molecule has 0 radical (unpaired) electrons. The molecule has 1 amide bonds. The molecule has 4 rings (SSSR count). The van der Waals surface area contributed by atoms with Crippen LogP contribution in [0.5, 0.6) is 0 Å². The maximum atomic E-state index is 12.8. The molecule has 1 N–H and O–H groups in total. The number of nitrogens with one attached hydrogen (secondary N) is 1. The monoisotopic (exact) mass is 384 g/mol. The van der Waals surface area contributed by atoms with Crippen molar-refractivity contribution in [3.05, 3.63) is 70.2 Å². The standard InChI is InChI=1S/C21H18Cl2N2O/c22-18-8-4-5-15-16(18)6-3-7-17(15)21(26)24-14-9-10-20(19(23)13-14)25-11-1-2-12-25/h3-10,13H,1-2,11-12H2,(H,24,26). The minimum absolute atomic E-state index is 0.178. The summed E-state index contributed by atoms with van der Waals surface area (Å²) in [6.07, 6.45) is 2.39. The molecule has 1 fully saturated rings. The molecule has 0 spiro atoms. The van der Waals surface area contributed by atoms with Crippen molar-refractivity contribution in [3.8, 4) is 0 Å². The van der Waals surface area contributed by atoms with Crippen molar-refractivity contribution in [3.63, 3.8) is 0 Å².